The summed E-state index contributed by atoms with van der Waals surface area (Å²) < 4.78 is 21.7. The maximum atomic E-state index is 15.1. The van der Waals surface area contributed by atoms with Crippen molar-refractivity contribution in [1.82, 2.24) is 10.2 Å². The van der Waals surface area contributed by atoms with E-state index in [0.29, 0.717) is 23.3 Å². The average molecular weight is 537 g/mol. The fourth-order valence-electron chi connectivity index (χ4n) is 6.63. The van der Waals surface area contributed by atoms with Gasteiger partial charge in [0, 0.05) is 24.6 Å². The highest BCUT2D eigenvalue weighted by molar-refractivity contribution is 5.82. The molecule has 4 atom stereocenters. The fourth-order valence-corrected chi connectivity index (χ4v) is 6.63. The molecule has 6 nitrogen and oxygen atoms in total. The van der Waals surface area contributed by atoms with Gasteiger partial charge in [-0.25, -0.2) is 4.39 Å². The first-order valence-electron chi connectivity index (χ1n) is 14.3. The van der Waals surface area contributed by atoms with Crippen LogP contribution < -0.4 is 10.1 Å². The molecule has 39 heavy (non-hydrogen) atoms. The molecule has 1 aliphatic heterocycles. The summed E-state index contributed by atoms with van der Waals surface area (Å²) in [6.45, 7) is 6.97. The van der Waals surface area contributed by atoms with E-state index in [4.69, 9.17) is 4.74 Å². The number of halogens is 1. The van der Waals surface area contributed by atoms with Gasteiger partial charge in [0.15, 0.2) is 0 Å². The van der Waals surface area contributed by atoms with Crippen LogP contribution in [0, 0.1) is 11.2 Å². The summed E-state index contributed by atoms with van der Waals surface area (Å²) >= 11 is 0. The lowest BCUT2D eigenvalue weighted by molar-refractivity contribution is -0.138. The quantitative estimate of drug-likeness (QED) is 0.427. The molecular weight excluding hydrogens is 495 g/mol. The molecule has 210 valence electrons. The van der Waals surface area contributed by atoms with Crippen LogP contribution in [-0.2, 0) is 9.59 Å². The van der Waals surface area contributed by atoms with Crippen LogP contribution in [-0.4, -0.2) is 53.7 Å². The number of carboxylic acid groups (broad SMARTS) is 1. The van der Waals surface area contributed by atoms with Crippen molar-refractivity contribution >= 4 is 11.9 Å². The topological polar surface area (TPSA) is 78.9 Å². The van der Waals surface area contributed by atoms with Crippen LogP contribution in [0.2, 0.25) is 0 Å². The third-order valence-corrected chi connectivity index (χ3v) is 9.01. The zero-order valence-electron chi connectivity index (χ0n) is 23.5. The summed E-state index contributed by atoms with van der Waals surface area (Å²) in [5, 5.41) is 12.9. The van der Waals surface area contributed by atoms with E-state index in [1.165, 1.54) is 6.07 Å². The van der Waals surface area contributed by atoms with Crippen molar-refractivity contribution in [2.45, 2.75) is 95.7 Å². The highest BCUT2D eigenvalue weighted by Gasteiger charge is 2.40. The molecule has 0 bridgehead atoms. The van der Waals surface area contributed by atoms with Crippen LogP contribution in [0.1, 0.15) is 88.7 Å². The minimum absolute atomic E-state index is 0.0501. The van der Waals surface area contributed by atoms with Gasteiger partial charge in [-0.1, -0.05) is 38.5 Å². The molecule has 5 rings (SSSR count). The van der Waals surface area contributed by atoms with Gasteiger partial charge >= 0.3 is 5.97 Å². The third kappa shape index (κ3) is 5.84. The van der Waals surface area contributed by atoms with Crippen molar-refractivity contribution in [2.24, 2.45) is 5.41 Å². The van der Waals surface area contributed by atoms with Crippen LogP contribution in [0.4, 0.5) is 4.39 Å². The second-order valence-corrected chi connectivity index (χ2v) is 12.7. The molecule has 3 aliphatic rings. The predicted molar refractivity (Wildman–Crippen MR) is 149 cm³/mol. The third-order valence-electron chi connectivity index (χ3n) is 9.01. The SMILES string of the molecule is CC(C(=O)O)c1ccc(O[C@@H]2CC[C@@H](NC(=O)[C@@H]3CC(C)(C)CN3C)C2)c(-c2cccc(F)c2C2CCC2)c1. The molecule has 2 aromatic rings. The molecule has 3 fully saturated rings. The van der Waals surface area contributed by atoms with Crippen molar-refractivity contribution in [3.63, 3.8) is 0 Å². The summed E-state index contributed by atoms with van der Waals surface area (Å²) in [6, 6.07) is 10.6. The number of ether oxygens (including phenoxy) is 1. The highest BCUT2D eigenvalue weighted by Crippen LogP contribution is 2.45. The van der Waals surface area contributed by atoms with Crippen LogP contribution in [0.3, 0.4) is 0 Å². The molecule has 0 radical (unpaired) electrons. The van der Waals surface area contributed by atoms with Gasteiger partial charge in [0.2, 0.25) is 5.91 Å². The highest BCUT2D eigenvalue weighted by atomic mass is 19.1. The lowest BCUT2D eigenvalue weighted by Crippen LogP contribution is -2.45. The van der Waals surface area contributed by atoms with Crippen molar-refractivity contribution in [1.29, 1.82) is 0 Å². The normalized spacial score (nSPS) is 25.7. The molecule has 2 saturated carbocycles. The molecule has 1 amide bonds. The Balaban J connectivity index is 1.36. The van der Waals surface area contributed by atoms with Gasteiger partial charge in [-0.3, -0.25) is 14.5 Å². The van der Waals surface area contributed by atoms with Crippen molar-refractivity contribution in [3.05, 3.63) is 53.3 Å². The number of rotatable bonds is 8. The number of benzene rings is 2. The van der Waals surface area contributed by atoms with Crippen molar-refractivity contribution < 1.29 is 23.8 Å². The number of carbonyl (C=O) groups excluding carboxylic acids is 1. The monoisotopic (exact) mass is 536 g/mol. The lowest BCUT2D eigenvalue weighted by atomic mass is 9.76. The lowest BCUT2D eigenvalue weighted by Gasteiger charge is -2.29. The van der Waals surface area contributed by atoms with Crippen LogP contribution in [0.25, 0.3) is 11.1 Å². The van der Waals surface area contributed by atoms with E-state index in [1.807, 2.05) is 25.2 Å². The van der Waals surface area contributed by atoms with Crippen LogP contribution in [0.5, 0.6) is 5.75 Å². The molecule has 0 spiro atoms. The standard InChI is InChI=1S/C32H41FN2O4/c1-19(31(37)38)21-11-14-28(25(15-21)24-9-6-10-26(33)29(24)20-7-5-8-20)39-23-13-12-22(16-23)34-30(36)27-17-32(2,3)18-35(27)4/h6,9-11,14-15,19-20,22-23,27H,5,7-8,12-13,16-18H2,1-4H3,(H,34,36)(H,37,38)/t19?,22-,23-,27+/m1/s1. The molecule has 1 heterocycles. The first-order valence-corrected chi connectivity index (χ1v) is 14.3. The zero-order chi connectivity index (χ0) is 27.9. The molecular formula is C32H41FN2O4. The van der Waals surface area contributed by atoms with E-state index in [-0.39, 0.29) is 41.2 Å². The van der Waals surface area contributed by atoms with Gasteiger partial charge in [0.05, 0.1) is 12.0 Å². The Hall–Kier alpha value is -2.93. The Bertz CT molecular complexity index is 1240. The number of amides is 1. The maximum Gasteiger partial charge on any atom is 0.310 e. The largest absolute Gasteiger partial charge is 0.490 e. The summed E-state index contributed by atoms with van der Waals surface area (Å²) in [4.78, 5) is 26.9. The van der Waals surface area contributed by atoms with E-state index >= 15 is 4.39 Å². The van der Waals surface area contributed by atoms with Crippen LogP contribution in [0.15, 0.2) is 36.4 Å². The minimum Gasteiger partial charge on any atom is -0.490 e. The molecule has 7 heteroatoms. The Kier molecular flexibility index (Phi) is 7.73. The molecule has 1 saturated heterocycles. The van der Waals surface area contributed by atoms with E-state index in [2.05, 4.69) is 24.1 Å². The van der Waals surface area contributed by atoms with E-state index < -0.39 is 11.9 Å². The minimum atomic E-state index is -0.904. The second-order valence-electron chi connectivity index (χ2n) is 12.7. The number of hydrogen-bond donors (Lipinski definition) is 2. The summed E-state index contributed by atoms with van der Waals surface area (Å²) in [5.74, 6) is -0.923. The summed E-state index contributed by atoms with van der Waals surface area (Å²) in [5.41, 5.74) is 3.02. The Morgan fingerprint density at radius 2 is 1.90 bits per heavy atom. The number of carboxylic acids is 1. The van der Waals surface area contributed by atoms with Gasteiger partial charge in [0.1, 0.15) is 17.7 Å². The molecule has 1 unspecified atom stereocenters. The van der Waals surface area contributed by atoms with E-state index in [9.17, 15) is 14.7 Å². The maximum absolute atomic E-state index is 15.1. The molecule has 2 aromatic carbocycles. The van der Waals surface area contributed by atoms with Gasteiger partial charge in [-0.15, -0.1) is 0 Å². The number of carbonyl (C=O) groups is 2. The Morgan fingerprint density at radius 1 is 1.13 bits per heavy atom. The van der Waals surface area contributed by atoms with Gasteiger partial charge in [-0.2, -0.15) is 0 Å². The number of nitrogens with zero attached hydrogens (tertiary/aromatic N) is 1. The van der Waals surface area contributed by atoms with E-state index in [1.54, 1.807) is 19.1 Å². The number of likely N-dealkylation sites (N-methyl/N-ethyl adjacent to an activating group) is 1. The average Bonchev–Trinajstić information content (AvgIpc) is 3.40. The van der Waals surface area contributed by atoms with Crippen LogP contribution >= 0.6 is 0 Å². The first kappa shape index (κ1) is 27.6. The number of hydrogen-bond acceptors (Lipinski definition) is 4. The Morgan fingerprint density at radius 3 is 2.54 bits per heavy atom. The van der Waals surface area contributed by atoms with Gasteiger partial charge in [0.25, 0.3) is 0 Å². The van der Waals surface area contributed by atoms with Gasteiger partial charge < -0.3 is 15.2 Å². The zero-order valence-corrected chi connectivity index (χ0v) is 23.5. The number of likely N-dealkylation sites (tertiary alicyclic amines) is 1. The number of nitrogens with one attached hydrogen (secondary N) is 1. The second kappa shape index (κ2) is 10.9. The van der Waals surface area contributed by atoms with Crippen molar-refractivity contribution in [2.75, 3.05) is 13.6 Å². The molecule has 2 N–H and O–H groups in total. The Labute approximate surface area is 230 Å². The van der Waals surface area contributed by atoms with Crippen molar-refractivity contribution in [3.8, 4) is 16.9 Å². The summed E-state index contributed by atoms with van der Waals surface area (Å²) in [6.07, 6.45) is 6.10. The molecule has 2 aliphatic carbocycles. The van der Waals surface area contributed by atoms with Gasteiger partial charge in [-0.05, 0) is 92.3 Å². The fraction of sp³-hybridized carbons (Fsp3) is 0.562. The molecule has 0 aromatic heterocycles. The number of aliphatic carboxylic acids is 1. The smallest absolute Gasteiger partial charge is 0.310 e. The summed E-state index contributed by atoms with van der Waals surface area (Å²) in [7, 11) is 2.01. The first-order chi connectivity index (χ1) is 18.5. The van der Waals surface area contributed by atoms with E-state index in [0.717, 1.165) is 56.2 Å². The predicted octanol–water partition coefficient (Wildman–Crippen LogP) is 6.09.